The summed E-state index contributed by atoms with van der Waals surface area (Å²) >= 11 is 0. The van der Waals surface area contributed by atoms with Gasteiger partial charge in [0.15, 0.2) is 0 Å². The number of nitrogens with two attached hydrogens (primary N) is 1. The second-order valence-electron chi connectivity index (χ2n) is 4.79. The molecule has 1 fully saturated rings. The highest BCUT2D eigenvalue weighted by Gasteiger charge is 2.34. The van der Waals surface area contributed by atoms with Crippen LogP contribution in [-0.2, 0) is 22.3 Å². The van der Waals surface area contributed by atoms with E-state index in [0.29, 0.717) is 25.0 Å². The number of carbonyl (C=O) groups is 1. The van der Waals surface area contributed by atoms with Gasteiger partial charge in [-0.3, -0.25) is 4.79 Å². The van der Waals surface area contributed by atoms with Crippen LogP contribution in [0.25, 0.3) is 0 Å². The monoisotopic (exact) mass is 304 g/mol. The van der Waals surface area contributed by atoms with Crippen molar-refractivity contribution in [1.29, 1.82) is 0 Å². The Labute approximate surface area is 118 Å². The van der Waals surface area contributed by atoms with Gasteiger partial charge in [0.05, 0.1) is 6.61 Å². The highest BCUT2D eigenvalue weighted by molar-refractivity contribution is 5.80. The van der Waals surface area contributed by atoms with Gasteiger partial charge in [-0.15, -0.1) is 0 Å². The van der Waals surface area contributed by atoms with Crippen LogP contribution in [0.3, 0.4) is 0 Å². The van der Waals surface area contributed by atoms with Crippen LogP contribution in [0, 0.1) is 0 Å². The number of alkyl halides is 3. The van der Waals surface area contributed by atoms with Crippen LogP contribution in [0.4, 0.5) is 13.2 Å². The van der Waals surface area contributed by atoms with Crippen molar-refractivity contribution in [1.82, 2.24) is 15.3 Å². The van der Waals surface area contributed by atoms with Gasteiger partial charge in [0, 0.05) is 30.5 Å². The predicted octanol–water partition coefficient (Wildman–Crippen LogP) is 0.618. The summed E-state index contributed by atoms with van der Waals surface area (Å²) in [6, 6.07) is -0.0580. The van der Waals surface area contributed by atoms with Gasteiger partial charge in [0.1, 0.15) is 6.10 Å². The van der Waals surface area contributed by atoms with Gasteiger partial charge in [-0.2, -0.15) is 13.2 Å². The van der Waals surface area contributed by atoms with E-state index in [4.69, 9.17) is 10.5 Å². The first-order chi connectivity index (χ1) is 9.86. The van der Waals surface area contributed by atoms with Gasteiger partial charge in [-0.1, -0.05) is 0 Å². The molecule has 2 atom stereocenters. The maximum Gasteiger partial charge on any atom is 0.451 e. The summed E-state index contributed by atoms with van der Waals surface area (Å²) in [5, 5.41) is 2.58. The fraction of sp³-hybridized carbons (Fsp3) is 0.583. The van der Waals surface area contributed by atoms with Gasteiger partial charge in [0.2, 0.25) is 11.7 Å². The largest absolute Gasteiger partial charge is 0.451 e. The molecular formula is C12H15F3N4O2. The van der Waals surface area contributed by atoms with E-state index in [0.717, 1.165) is 12.4 Å². The van der Waals surface area contributed by atoms with Gasteiger partial charge in [-0.25, -0.2) is 9.97 Å². The third kappa shape index (κ3) is 4.36. The number of hydrogen-bond acceptors (Lipinski definition) is 5. The Hall–Kier alpha value is -1.74. The van der Waals surface area contributed by atoms with Crippen molar-refractivity contribution in [3.8, 4) is 0 Å². The normalized spacial score (nSPS) is 22.9. The van der Waals surface area contributed by atoms with Crippen molar-refractivity contribution < 1.29 is 22.7 Å². The number of hydrogen-bond donors (Lipinski definition) is 2. The number of halogens is 3. The van der Waals surface area contributed by atoms with E-state index < -0.39 is 18.1 Å². The summed E-state index contributed by atoms with van der Waals surface area (Å²) in [6.45, 7) is 0.365. The first-order valence-electron chi connectivity index (χ1n) is 6.39. The zero-order valence-electron chi connectivity index (χ0n) is 11.1. The van der Waals surface area contributed by atoms with Crippen molar-refractivity contribution in [3.63, 3.8) is 0 Å². The lowest BCUT2D eigenvalue weighted by Gasteiger charge is -2.25. The maximum absolute atomic E-state index is 12.3. The quantitative estimate of drug-likeness (QED) is 0.854. The van der Waals surface area contributed by atoms with Crippen LogP contribution in [0.2, 0.25) is 0 Å². The molecule has 2 heterocycles. The maximum atomic E-state index is 12.3. The third-order valence-corrected chi connectivity index (χ3v) is 3.03. The lowest BCUT2D eigenvalue weighted by Crippen LogP contribution is -2.43. The molecule has 1 saturated heterocycles. The molecular weight excluding hydrogens is 289 g/mol. The van der Waals surface area contributed by atoms with Gasteiger partial charge >= 0.3 is 6.18 Å². The molecule has 9 heteroatoms. The smallest absolute Gasteiger partial charge is 0.367 e. The first kappa shape index (κ1) is 15.6. The summed E-state index contributed by atoms with van der Waals surface area (Å²) < 4.78 is 42.1. The average Bonchev–Trinajstić information content (AvgIpc) is 2.45. The van der Waals surface area contributed by atoms with Crippen molar-refractivity contribution in [2.45, 2.75) is 37.7 Å². The Morgan fingerprint density at radius 2 is 2.05 bits per heavy atom. The van der Waals surface area contributed by atoms with Crippen molar-refractivity contribution >= 4 is 5.91 Å². The zero-order valence-corrected chi connectivity index (χ0v) is 11.1. The number of rotatable bonds is 3. The second-order valence-corrected chi connectivity index (χ2v) is 4.79. The number of nitrogens with zero attached hydrogens (tertiary/aromatic N) is 2. The Morgan fingerprint density at radius 3 is 2.57 bits per heavy atom. The molecule has 0 aliphatic carbocycles. The molecule has 0 radical (unpaired) electrons. The van der Waals surface area contributed by atoms with Crippen molar-refractivity contribution in [2.75, 3.05) is 6.61 Å². The second kappa shape index (κ2) is 6.35. The Kier molecular flexibility index (Phi) is 4.73. The molecule has 2 rings (SSSR count). The summed E-state index contributed by atoms with van der Waals surface area (Å²) in [7, 11) is 0. The lowest BCUT2D eigenvalue weighted by atomic mass is 10.1. The standard InChI is InChI=1S/C12H15F3N4O2/c13-12(14,15)11-18-4-7(5-19-11)3-17-10(20)9-2-1-8(16)6-21-9/h4-5,8-9H,1-3,6,16H2,(H,17,20)/t8-,9+/m1/s1. The van der Waals surface area contributed by atoms with E-state index >= 15 is 0 Å². The molecule has 3 N–H and O–H groups in total. The molecule has 1 amide bonds. The highest BCUT2D eigenvalue weighted by Crippen LogP contribution is 2.25. The minimum absolute atomic E-state index is 0.0445. The van der Waals surface area contributed by atoms with E-state index in [9.17, 15) is 18.0 Å². The Bertz CT molecular complexity index is 484. The Balaban J connectivity index is 1.84. The van der Waals surface area contributed by atoms with Crippen LogP contribution in [0.5, 0.6) is 0 Å². The van der Waals surface area contributed by atoms with Crippen LogP contribution in [-0.4, -0.2) is 34.6 Å². The van der Waals surface area contributed by atoms with Crippen LogP contribution in [0.15, 0.2) is 12.4 Å². The molecule has 116 valence electrons. The van der Waals surface area contributed by atoms with Crippen LogP contribution in [0.1, 0.15) is 24.2 Å². The summed E-state index contributed by atoms with van der Waals surface area (Å²) in [6.07, 6.45) is -1.85. The first-order valence-corrected chi connectivity index (χ1v) is 6.39. The predicted molar refractivity (Wildman–Crippen MR) is 65.8 cm³/mol. The Morgan fingerprint density at radius 1 is 1.38 bits per heavy atom. The van der Waals surface area contributed by atoms with E-state index in [1.165, 1.54) is 0 Å². The molecule has 1 aliphatic rings. The van der Waals surface area contributed by atoms with E-state index in [-0.39, 0.29) is 18.5 Å². The molecule has 1 aliphatic heterocycles. The molecule has 0 saturated carbocycles. The number of nitrogens with one attached hydrogen (secondary N) is 1. The van der Waals surface area contributed by atoms with Crippen LogP contribution >= 0.6 is 0 Å². The molecule has 1 aromatic rings. The van der Waals surface area contributed by atoms with E-state index in [2.05, 4.69) is 15.3 Å². The number of amides is 1. The van der Waals surface area contributed by atoms with Gasteiger partial charge < -0.3 is 15.8 Å². The molecule has 6 nitrogen and oxygen atoms in total. The zero-order chi connectivity index (χ0) is 15.5. The SMILES string of the molecule is N[C@@H]1CC[C@@H](C(=O)NCc2cnc(C(F)(F)F)nc2)OC1. The minimum Gasteiger partial charge on any atom is -0.367 e. The minimum atomic E-state index is -4.57. The van der Waals surface area contributed by atoms with Crippen molar-refractivity contribution in [2.24, 2.45) is 5.73 Å². The summed E-state index contributed by atoms with van der Waals surface area (Å²) in [5.74, 6) is -1.52. The molecule has 0 bridgehead atoms. The summed E-state index contributed by atoms with van der Waals surface area (Å²) in [4.78, 5) is 18.2. The lowest BCUT2D eigenvalue weighted by molar-refractivity contribution is -0.145. The molecule has 0 spiro atoms. The number of carbonyl (C=O) groups excluding carboxylic acids is 1. The number of ether oxygens (including phenoxy) is 1. The molecule has 0 unspecified atom stereocenters. The fourth-order valence-corrected chi connectivity index (χ4v) is 1.87. The van der Waals surface area contributed by atoms with Gasteiger partial charge in [-0.05, 0) is 12.8 Å². The highest BCUT2D eigenvalue weighted by atomic mass is 19.4. The number of aromatic nitrogens is 2. The average molecular weight is 304 g/mol. The fourth-order valence-electron chi connectivity index (χ4n) is 1.87. The molecule has 0 aromatic carbocycles. The molecule has 1 aromatic heterocycles. The third-order valence-electron chi connectivity index (χ3n) is 3.03. The summed E-state index contributed by atoms with van der Waals surface area (Å²) in [5.41, 5.74) is 6.02. The molecule has 21 heavy (non-hydrogen) atoms. The van der Waals surface area contributed by atoms with E-state index in [1.54, 1.807) is 0 Å². The van der Waals surface area contributed by atoms with Crippen molar-refractivity contribution in [3.05, 3.63) is 23.8 Å². The van der Waals surface area contributed by atoms with Crippen LogP contribution < -0.4 is 11.1 Å². The van der Waals surface area contributed by atoms with Gasteiger partial charge in [0.25, 0.3) is 0 Å². The topological polar surface area (TPSA) is 90.1 Å². The van der Waals surface area contributed by atoms with E-state index in [1.807, 2.05) is 0 Å².